The van der Waals surface area contributed by atoms with E-state index in [0.29, 0.717) is 12.3 Å². The molecule has 1 saturated heterocycles. The van der Waals surface area contributed by atoms with Crippen molar-refractivity contribution in [3.05, 3.63) is 34.9 Å². The Morgan fingerprint density at radius 2 is 2.00 bits per heavy atom. The summed E-state index contributed by atoms with van der Waals surface area (Å²) in [6.07, 6.45) is 0.641. The fraction of sp³-hybridized carbons (Fsp3) is 0.500. The second-order valence-corrected chi connectivity index (χ2v) is 6.38. The van der Waals surface area contributed by atoms with E-state index in [1.165, 1.54) is 0 Å². The molecule has 0 saturated carbocycles. The first-order valence-electron chi connectivity index (χ1n) is 6.07. The van der Waals surface area contributed by atoms with Crippen molar-refractivity contribution in [1.82, 2.24) is 4.90 Å². The topological polar surface area (TPSA) is 20.3 Å². The molecule has 18 heavy (non-hydrogen) atoms. The first-order valence-corrected chi connectivity index (χ1v) is 7.57. The summed E-state index contributed by atoms with van der Waals surface area (Å²) in [6.45, 7) is 5.00. The van der Waals surface area contributed by atoms with Crippen molar-refractivity contribution in [1.29, 1.82) is 0 Å². The third-order valence-electron chi connectivity index (χ3n) is 3.65. The SMILES string of the molecule is CC(C)(c1ccc(Cl)cc1)N1CC(CBr)CC1=O. The molecule has 1 unspecified atom stereocenters. The molecular weight excluding hydrogens is 314 g/mol. The zero-order valence-corrected chi connectivity index (χ0v) is 13.0. The van der Waals surface area contributed by atoms with Crippen LogP contribution in [0.25, 0.3) is 0 Å². The molecule has 0 aliphatic carbocycles. The number of likely N-dealkylation sites (tertiary alicyclic amines) is 1. The Labute approximate surface area is 121 Å². The average Bonchev–Trinajstić information content (AvgIpc) is 2.72. The van der Waals surface area contributed by atoms with Gasteiger partial charge in [-0.15, -0.1) is 0 Å². The molecule has 1 fully saturated rings. The van der Waals surface area contributed by atoms with Gasteiger partial charge in [0.05, 0.1) is 5.54 Å². The average molecular weight is 331 g/mol. The lowest BCUT2D eigenvalue weighted by Crippen LogP contribution is -2.42. The van der Waals surface area contributed by atoms with E-state index in [2.05, 4.69) is 29.8 Å². The molecule has 1 heterocycles. The number of benzene rings is 1. The molecule has 0 bridgehead atoms. The summed E-state index contributed by atoms with van der Waals surface area (Å²) in [5, 5.41) is 1.60. The van der Waals surface area contributed by atoms with Gasteiger partial charge in [0, 0.05) is 23.3 Å². The zero-order valence-electron chi connectivity index (χ0n) is 10.6. The van der Waals surface area contributed by atoms with E-state index >= 15 is 0 Å². The van der Waals surface area contributed by atoms with Gasteiger partial charge in [0.2, 0.25) is 5.91 Å². The highest BCUT2D eigenvalue weighted by Gasteiger charge is 2.39. The highest BCUT2D eigenvalue weighted by molar-refractivity contribution is 9.09. The Kier molecular flexibility index (Phi) is 4.02. The first-order chi connectivity index (χ1) is 8.45. The summed E-state index contributed by atoms with van der Waals surface area (Å²) in [5.74, 6) is 0.656. The van der Waals surface area contributed by atoms with E-state index in [9.17, 15) is 4.79 Å². The number of nitrogens with zero attached hydrogens (tertiary/aromatic N) is 1. The van der Waals surface area contributed by atoms with Crippen LogP contribution in [0.15, 0.2) is 24.3 Å². The Balaban J connectivity index is 2.25. The van der Waals surface area contributed by atoms with Crippen molar-refractivity contribution >= 4 is 33.4 Å². The van der Waals surface area contributed by atoms with Gasteiger partial charge in [0.15, 0.2) is 0 Å². The van der Waals surface area contributed by atoms with E-state index < -0.39 is 0 Å². The van der Waals surface area contributed by atoms with Crippen molar-refractivity contribution in [3.8, 4) is 0 Å². The zero-order chi connectivity index (χ0) is 13.3. The van der Waals surface area contributed by atoms with Crippen molar-refractivity contribution in [3.63, 3.8) is 0 Å². The number of carbonyl (C=O) groups excluding carboxylic acids is 1. The van der Waals surface area contributed by atoms with Gasteiger partial charge in [0.25, 0.3) is 0 Å². The van der Waals surface area contributed by atoms with E-state index in [1.54, 1.807) is 0 Å². The monoisotopic (exact) mass is 329 g/mol. The molecule has 1 aliphatic heterocycles. The number of rotatable bonds is 3. The summed E-state index contributed by atoms with van der Waals surface area (Å²) in [4.78, 5) is 14.1. The van der Waals surface area contributed by atoms with Gasteiger partial charge < -0.3 is 4.90 Å². The molecule has 2 nitrogen and oxygen atoms in total. The van der Waals surface area contributed by atoms with Crippen LogP contribution in [0.3, 0.4) is 0 Å². The van der Waals surface area contributed by atoms with Gasteiger partial charge in [-0.2, -0.15) is 0 Å². The third-order valence-corrected chi connectivity index (χ3v) is 4.82. The molecular formula is C14H17BrClNO. The minimum atomic E-state index is -0.279. The van der Waals surface area contributed by atoms with Gasteiger partial charge in [-0.1, -0.05) is 39.7 Å². The lowest BCUT2D eigenvalue weighted by Gasteiger charge is -2.36. The Bertz CT molecular complexity index is 444. The molecule has 0 radical (unpaired) electrons. The molecule has 1 amide bonds. The number of carbonyl (C=O) groups is 1. The second kappa shape index (κ2) is 5.22. The summed E-state index contributed by atoms with van der Waals surface area (Å²) in [6, 6.07) is 7.75. The lowest BCUT2D eigenvalue weighted by molar-refractivity contribution is -0.132. The Hall–Kier alpha value is -0.540. The smallest absolute Gasteiger partial charge is 0.223 e. The maximum Gasteiger partial charge on any atom is 0.223 e. The molecule has 4 heteroatoms. The molecule has 1 atom stereocenters. The number of halogens is 2. The summed E-state index contributed by atoms with van der Waals surface area (Å²) in [7, 11) is 0. The number of alkyl halides is 1. The van der Waals surface area contributed by atoms with Crippen molar-refractivity contribution < 1.29 is 4.79 Å². The van der Waals surface area contributed by atoms with Gasteiger partial charge in [-0.05, 0) is 37.5 Å². The fourth-order valence-electron chi connectivity index (χ4n) is 2.44. The predicted molar refractivity (Wildman–Crippen MR) is 78.1 cm³/mol. The minimum absolute atomic E-state index is 0.236. The first kappa shape index (κ1) is 13.9. The van der Waals surface area contributed by atoms with Crippen LogP contribution in [0.4, 0.5) is 0 Å². The van der Waals surface area contributed by atoms with Crippen molar-refractivity contribution in [2.45, 2.75) is 25.8 Å². The van der Waals surface area contributed by atoms with Crippen molar-refractivity contribution in [2.24, 2.45) is 5.92 Å². The fourth-order valence-corrected chi connectivity index (χ4v) is 3.00. The molecule has 1 aliphatic rings. The minimum Gasteiger partial charge on any atom is -0.333 e. The number of hydrogen-bond donors (Lipinski definition) is 0. The number of hydrogen-bond acceptors (Lipinski definition) is 1. The van der Waals surface area contributed by atoms with Gasteiger partial charge >= 0.3 is 0 Å². The van der Waals surface area contributed by atoms with Crippen LogP contribution >= 0.6 is 27.5 Å². The maximum absolute atomic E-state index is 12.1. The van der Waals surface area contributed by atoms with Crippen LogP contribution in [-0.2, 0) is 10.3 Å². The second-order valence-electron chi connectivity index (χ2n) is 5.29. The molecule has 0 spiro atoms. The lowest BCUT2D eigenvalue weighted by atomic mass is 9.92. The largest absolute Gasteiger partial charge is 0.333 e. The maximum atomic E-state index is 12.1. The van der Waals surface area contributed by atoms with E-state index in [-0.39, 0.29) is 11.4 Å². The van der Waals surface area contributed by atoms with Crippen LogP contribution in [0, 0.1) is 5.92 Å². The summed E-state index contributed by atoms with van der Waals surface area (Å²) >= 11 is 9.38. The molecule has 98 valence electrons. The van der Waals surface area contributed by atoms with Crippen LogP contribution < -0.4 is 0 Å². The van der Waals surface area contributed by atoms with Crippen LogP contribution in [-0.4, -0.2) is 22.7 Å². The normalized spacial score (nSPS) is 20.6. The van der Waals surface area contributed by atoms with Crippen molar-refractivity contribution in [2.75, 3.05) is 11.9 Å². The number of amides is 1. The van der Waals surface area contributed by atoms with Crippen LogP contribution in [0.1, 0.15) is 25.8 Å². The van der Waals surface area contributed by atoms with E-state index in [1.807, 2.05) is 29.2 Å². The van der Waals surface area contributed by atoms with Gasteiger partial charge in [-0.25, -0.2) is 0 Å². The Morgan fingerprint density at radius 1 is 1.39 bits per heavy atom. The Morgan fingerprint density at radius 3 is 2.50 bits per heavy atom. The molecule has 1 aromatic rings. The van der Waals surface area contributed by atoms with Crippen LogP contribution in [0.5, 0.6) is 0 Å². The standard InChI is InChI=1S/C14H17BrClNO/c1-14(2,11-3-5-12(16)6-4-11)17-9-10(8-15)7-13(17)18/h3-6,10H,7-9H2,1-2H3. The predicted octanol–water partition coefficient (Wildman–Crippen LogP) is 3.82. The molecule has 1 aromatic carbocycles. The molecule has 2 rings (SSSR count). The van der Waals surface area contributed by atoms with E-state index in [0.717, 1.165) is 22.5 Å². The van der Waals surface area contributed by atoms with Crippen LogP contribution in [0.2, 0.25) is 5.02 Å². The molecule has 0 aromatic heterocycles. The third kappa shape index (κ3) is 2.57. The quantitative estimate of drug-likeness (QED) is 0.772. The van der Waals surface area contributed by atoms with Gasteiger partial charge in [0.1, 0.15) is 0 Å². The summed E-state index contributed by atoms with van der Waals surface area (Å²) < 4.78 is 0. The highest BCUT2D eigenvalue weighted by atomic mass is 79.9. The molecule has 0 N–H and O–H groups in total. The highest BCUT2D eigenvalue weighted by Crippen LogP contribution is 2.34. The van der Waals surface area contributed by atoms with Gasteiger partial charge in [-0.3, -0.25) is 4.79 Å². The van der Waals surface area contributed by atoms with E-state index in [4.69, 9.17) is 11.6 Å². The summed E-state index contributed by atoms with van der Waals surface area (Å²) in [5.41, 5.74) is 0.842.